The van der Waals surface area contributed by atoms with Gasteiger partial charge in [-0.25, -0.2) is 4.79 Å². The fraction of sp³-hybridized carbons (Fsp3) is 0.400. The molecule has 1 fully saturated rings. The largest absolute Gasteiger partial charge is 0.496 e. The molecule has 1 aromatic heterocycles. The average Bonchev–Trinajstić information content (AvgIpc) is 2.78. The van der Waals surface area contributed by atoms with E-state index in [1.54, 1.807) is 12.0 Å². The summed E-state index contributed by atoms with van der Waals surface area (Å²) in [6, 6.07) is 14.0. The molecule has 1 atom stereocenters. The third kappa shape index (κ3) is 5.38. The van der Waals surface area contributed by atoms with Crippen molar-refractivity contribution in [3.8, 4) is 17.0 Å². The average molecular weight is 513 g/mol. The van der Waals surface area contributed by atoms with Gasteiger partial charge in [-0.2, -0.15) is 0 Å². The number of likely N-dealkylation sites (tertiary alicyclic amines) is 1. The Labute approximate surface area is 202 Å². The summed E-state index contributed by atoms with van der Waals surface area (Å²) >= 11 is 3.49. The van der Waals surface area contributed by atoms with Crippen molar-refractivity contribution < 1.29 is 14.3 Å². The molecular weight excluding hydrogens is 484 g/mol. The Morgan fingerprint density at radius 3 is 2.64 bits per heavy atom. The number of rotatable bonds is 4. The number of ether oxygens (including phenoxy) is 2. The number of hydrogen-bond acceptors (Lipinski definition) is 6. The highest BCUT2D eigenvalue weighted by atomic mass is 79.9. The fourth-order valence-corrected chi connectivity index (χ4v) is 4.39. The van der Waals surface area contributed by atoms with Gasteiger partial charge >= 0.3 is 6.09 Å². The van der Waals surface area contributed by atoms with E-state index in [0.29, 0.717) is 18.9 Å². The standard InChI is InChI=1S/C25H29BrN4O3/c1-25(2,3)33-24(31)30-13-7-8-17(15-30)27-23-19-10-6-5-9-18(19)22(28-29-23)20-12-11-16(26)14-21(20)32-4/h5-6,9-12,14,17H,7-8,13,15H2,1-4H3,(H,27,29)/t17-/m1/s1. The number of carbonyl (C=O) groups excluding carboxylic acids is 1. The number of benzene rings is 2. The maximum Gasteiger partial charge on any atom is 0.410 e. The van der Waals surface area contributed by atoms with Crippen molar-refractivity contribution in [1.82, 2.24) is 15.1 Å². The molecule has 0 spiro atoms. The lowest BCUT2D eigenvalue weighted by molar-refractivity contribution is 0.0206. The molecule has 2 aromatic carbocycles. The number of methoxy groups -OCH3 is 1. The molecule has 3 aromatic rings. The van der Waals surface area contributed by atoms with Crippen LogP contribution in [-0.2, 0) is 4.74 Å². The smallest absolute Gasteiger partial charge is 0.410 e. The predicted octanol–water partition coefficient (Wildman–Crippen LogP) is 5.88. The zero-order chi connectivity index (χ0) is 23.6. The molecule has 0 radical (unpaired) electrons. The molecule has 1 saturated heterocycles. The van der Waals surface area contributed by atoms with Crippen LogP contribution in [0.3, 0.4) is 0 Å². The van der Waals surface area contributed by atoms with E-state index in [4.69, 9.17) is 9.47 Å². The van der Waals surface area contributed by atoms with Crippen LogP contribution in [0.15, 0.2) is 46.9 Å². The maximum absolute atomic E-state index is 12.5. The molecule has 1 aliphatic heterocycles. The number of aromatic nitrogens is 2. The first-order valence-electron chi connectivity index (χ1n) is 11.1. The lowest BCUT2D eigenvalue weighted by Gasteiger charge is -2.34. The highest BCUT2D eigenvalue weighted by Crippen LogP contribution is 2.36. The van der Waals surface area contributed by atoms with Gasteiger partial charge in [0.25, 0.3) is 0 Å². The second-order valence-electron chi connectivity index (χ2n) is 9.20. The van der Waals surface area contributed by atoms with E-state index in [0.717, 1.165) is 45.1 Å². The van der Waals surface area contributed by atoms with Crippen LogP contribution < -0.4 is 10.1 Å². The van der Waals surface area contributed by atoms with Crippen LogP contribution in [0.1, 0.15) is 33.6 Å². The van der Waals surface area contributed by atoms with Crippen LogP contribution in [0.5, 0.6) is 5.75 Å². The van der Waals surface area contributed by atoms with Gasteiger partial charge in [-0.1, -0.05) is 40.2 Å². The number of fused-ring (bicyclic) bond motifs is 1. The summed E-state index contributed by atoms with van der Waals surface area (Å²) in [5.74, 6) is 1.44. The van der Waals surface area contributed by atoms with Gasteiger partial charge in [0.05, 0.1) is 7.11 Å². The Bertz CT molecular complexity index is 1160. The summed E-state index contributed by atoms with van der Waals surface area (Å²) in [7, 11) is 1.65. The van der Waals surface area contributed by atoms with E-state index < -0.39 is 5.60 Å². The number of carbonyl (C=O) groups is 1. The van der Waals surface area contributed by atoms with Crippen LogP contribution in [0.4, 0.5) is 10.6 Å². The summed E-state index contributed by atoms with van der Waals surface area (Å²) in [5.41, 5.74) is 1.13. The van der Waals surface area contributed by atoms with E-state index in [9.17, 15) is 4.79 Å². The van der Waals surface area contributed by atoms with Gasteiger partial charge in [-0.3, -0.25) is 0 Å². The molecule has 174 valence electrons. The Morgan fingerprint density at radius 1 is 1.15 bits per heavy atom. The molecule has 1 N–H and O–H groups in total. The minimum Gasteiger partial charge on any atom is -0.496 e. The van der Waals surface area contributed by atoms with Crippen LogP contribution in [-0.4, -0.2) is 53.0 Å². The van der Waals surface area contributed by atoms with Gasteiger partial charge < -0.3 is 19.7 Å². The normalized spacial score (nSPS) is 16.5. The lowest BCUT2D eigenvalue weighted by atomic mass is 10.0. The van der Waals surface area contributed by atoms with Gasteiger partial charge in [0.15, 0.2) is 5.82 Å². The van der Waals surface area contributed by atoms with E-state index in [1.807, 2.05) is 63.2 Å². The zero-order valence-corrected chi connectivity index (χ0v) is 21.0. The zero-order valence-electron chi connectivity index (χ0n) is 19.4. The number of amides is 1. The van der Waals surface area contributed by atoms with E-state index in [1.165, 1.54) is 0 Å². The van der Waals surface area contributed by atoms with Crippen molar-refractivity contribution in [3.63, 3.8) is 0 Å². The Hall–Kier alpha value is -2.87. The second kappa shape index (κ2) is 9.55. The van der Waals surface area contributed by atoms with E-state index >= 15 is 0 Å². The number of halogens is 1. The predicted molar refractivity (Wildman–Crippen MR) is 134 cm³/mol. The molecular formula is C25H29BrN4O3. The SMILES string of the molecule is COc1cc(Br)ccc1-c1nnc(N[C@@H]2CCCN(C(=O)OC(C)(C)C)C2)c2ccccc12. The Kier molecular flexibility index (Phi) is 6.74. The van der Waals surface area contributed by atoms with Gasteiger partial charge in [0, 0.05) is 39.9 Å². The van der Waals surface area contributed by atoms with Gasteiger partial charge in [0.1, 0.15) is 17.0 Å². The number of anilines is 1. The van der Waals surface area contributed by atoms with Crippen molar-refractivity contribution in [3.05, 3.63) is 46.9 Å². The molecule has 0 unspecified atom stereocenters. The van der Waals surface area contributed by atoms with Crippen molar-refractivity contribution in [2.24, 2.45) is 0 Å². The van der Waals surface area contributed by atoms with Gasteiger partial charge in [-0.15, -0.1) is 10.2 Å². The van der Waals surface area contributed by atoms with Gasteiger partial charge in [0.2, 0.25) is 0 Å². The molecule has 1 amide bonds. The molecule has 4 rings (SSSR count). The first-order valence-corrected chi connectivity index (χ1v) is 11.9. The number of hydrogen-bond donors (Lipinski definition) is 1. The van der Waals surface area contributed by atoms with Crippen molar-refractivity contribution in [1.29, 1.82) is 0 Å². The molecule has 7 nitrogen and oxygen atoms in total. The minimum absolute atomic E-state index is 0.0667. The molecule has 2 heterocycles. The molecule has 0 bridgehead atoms. The first-order chi connectivity index (χ1) is 15.7. The number of nitrogens with zero attached hydrogens (tertiary/aromatic N) is 3. The summed E-state index contributed by atoms with van der Waals surface area (Å²) in [6.07, 6.45) is 1.57. The second-order valence-corrected chi connectivity index (χ2v) is 10.1. The van der Waals surface area contributed by atoms with E-state index in [-0.39, 0.29) is 12.1 Å². The summed E-state index contributed by atoms with van der Waals surface area (Å²) < 4.78 is 12.1. The van der Waals surface area contributed by atoms with Crippen molar-refractivity contribution in [2.45, 2.75) is 45.3 Å². The highest BCUT2D eigenvalue weighted by Gasteiger charge is 2.28. The summed E-state index contributed by atoms with van der Waals surface area (Å²) in [6.45, 7) is 6.91. The molecule has 0 saturated carbocycles. The number of piperidine rings is 1. The fourth-order valence-electron chi connectivity index (χ4n) is 4.05. The first kappa shape index (κ1) is 23.3. The van der Waals surface area contributed by atoms with Crippen LogP contribution in [0, 0.1) is 0 Å². The lowest BCUT2D eigenvalue weighted by Crippen LogP contribution is -2.47. The van der Waals surface area contributed by atoms with Crippen LogP contribution in [0.2, 0.25) is 0 Å². The molecule has 8 heteroatoms. The van der Waals surface area contributed by atoms with Gasteiger partial charge in [-0.05, 0) is 51.8 Å². The topological polar surface area (TPSA) is 76.6 Å². The third-order valence-corrected chi connectivity index (χ3v) is 6.01. The van der Waals surface area contributed by atoms with Crippen LogP contribution >= 0.6 is 15.9 Å². The molecule has 1 aliphatic rings. The van der Waals surface area contributed by atoms with E-state index in [2.05, 4.69) is 31.4 Å². The van der Waals surface area contributed by atoms with Crippen molar-refractivity contribution >= 4 is 38.6 Å². The third-order valence-electron chi connectivity index (χ3n) is 5.52. The molecule has 33 heavy (non-hydrogen) atoms. The quantitative estimate of drug-likeness (QED) is 0.470. The maximum atomic E-state index is 12.5. The summed E-state index contributed by atoms with van der Waals surface area (Å²) in [4.78, 5) is 14.3. The molecule has 0 aliphatic carbocycles. The van der Waals surface area contributed by atoms with Crippen molar-refractivity contribution in [2.75, 3.05) is 25.5 Å². The number of nitrogens with one attached hydrogen (secondary N) is 1. The summed E-state index contributed by atoms with van der Waals surface area (Å²) in [5, 5.41) is 14.6. The monoisotopic (exact) mass is 512 g/mol. The van der Waals surface area contributed by atoms with Crippen LogP contribution in [0.25, 0.3) is 22.0 Å². The Balaban J connectivity index is 1.61. The highest BCUT2D eigenvalue weighted by molar-refractivity contribution is 9.10. The Morgan fingerprint density at radius 2 is 1.91 bits per heavy atom. The minimum atomic E-state index is -0.511.